The smallest absolute Gasteiger partial charge is 0.276 e. The molecule has 0 bridgehead atoms. The van der Waals surface area contributed by atoms with Crippen LogP contribution in [0.25, 0.3) is 11.4 Å². The molecule has 1 aliphatic rings. The summed E-state index contributed by atoms with van der Waals surface area (Å²) in [4.78, 5) is 22.8. The first-order valence-electron chi connectivity index (χ1n) is 11.2. The van der Waals surface area contributed by atoms with Gasteiger partial charge < -0.3 is 24.7 Å². The number of hydrogen-bond donors (Lipinski definition) is 2. The number of anilines is 2. The fourth-order valence-corrected chi connectivity index (χ4v) is 3.93. The largest absolute Gasteiger partial charge is 0.495 e. The number of alkyl halides is 2. The van der Waals surface area contributed by atoms with Crippen molar-refractivity contribution in [1.29, 1.82) is 0 Å². The molecule has 1 amide bonds. The summed E-state index contributed by atoms with van der Waals surface area (Å²) < 4.78 is 39.1. The zero-order chi connectivity index (χ0) is 24.3. The summed E-state index contributed by atoms with van der Waals surface area (Å²) in [5.41, 5.74) is 2.66. The molecule has 0 spiro atoms. The molecule has 0 unspecified atom stereocenters. The maximum atomic E-state index is 14.1. The highest BCUT2D eigenvalue weighted by atomic mass is 19.3. The van der Waals surface area contributed by atoms with E-state index in [0.29, 0.717) is 30.4 Å². The van der Waals surface area contributed by atoms with Gasteiger partial charge in [-0.1, -0.05) is 19.1 Å². The van der Waals surface area contributed by atoms with Gasteiger partial charge in [-0.2, -0.15) is 0 Å². The van der Waals surface area contributed by atoms with E-state index < -0.39 is 11.8 Å². The molecule has 0 atom stereocenters. The number of hydrogen-bond acceptors (Lipinski definition) is 5. The predicted molar refractivity (Wildman–Crippen MR) is 127 cm³/mol. The van der Waals surface area contributed by atoms with Crippen LogP contribution < -0.4 is 15.0 Å². The summed E-state index contributed by atoms with van der Waals surface area (Å²) in [6.07, 6.45) is -0.319. The zero-order valence-electron chi connectivity index (χ0n) is 19.5. The fourth-order valence-electron chi connectivity index (χ4n) is 3.93. The van der Waals surface area contributed by atoms with Crippen LogP contribution in [0.2, 0.25) is 0 Å². The third-order valence-corrected chi connectivity index (χ3v) is 5.89. The van der Waals surface area contributed by atoms with Gasteiger partial charge in [-0.15, -0.1) is 0 Å². The van der Waals surface area contributed by atoms with Gasteiger partial charge in [-0.05, 0) is 37.3 Å². The first kappa shape index (κ1) is 23.7. The number of H-pyrrole nitrogens is 1. The summed E-state index contributed by atoms with van der Waals surface area (Å²) in [7, 11) is 1.63. The highest BCUT2D eigenvalue weighted by Crippen LogP contribution is 2.34. The number of nitrogens with one attached hydrogen (secondary N) is 2. The number of carbonyl (C=O) groups is 1. The van der Waals surface area contributed by atoms with Crippen LogP contribution in [0, 0.1) is 6.92 Å². The van der Waals surface area contributed by atoms with Crippen molar-refractivity contribution in [2.45, 2.75) is 26.2 Å². The Kier molecular flexibility index (Phi) is 6.83. The van der Waals surface area contributed by atoms with Crippen LogP contribution in [0.3, 0.4) is 0 Å². The molecular formula is C25H28F2N4O3. The van der Waals surface area contributed by atoms with E-state index >= 15 is 0 Å². The van der Waals surface area contributed by atoms with Crippen molar-refractivity contribution < 1.29 is 23.0 Å². The normalized spacial score (nSPS) is 14.2. The van der Waals surface area contributed by atoms with Gasteiger partial charge in [0, 0.05) is 42.0 Å². The molecule has 0 aliphatic carbocycles. The molecule has 1 aliphatic heterocycles. The number of benzene rings is 2. The number of halogens is 2. The van der Waals surface area contributed by atoms with E-state index in [4.69, 9.17) is 9.47 Å². The van der Waals surface area contributed by atoms with Crippen molar-refractivity contribution in [2.75, 3.05) is 43.6 Å². The second-order valence-electron chi connectivity index (χ2n) is 8.14. The van der Waals surface area contributed by atoms with Gasteiger partial charge in [0.15, 0.2) is 0 Å². The molecule has 2 N–H and O–H groups in total. The number of aromatic amines is 1. The number of amides is 1. The molecule has 4 rings (SSSR count). The second-order valence-corrected chi connectivity index (χ2v) is 8.14. The molecule has 2 heterocycles. The van der Waals surface area contributed by atoms with Crippen molar-refractivity contribution in [3.8, 4) is 17.1 Å². The zero-order valence-corrected chi connectivity index (χ0v) is 19.5. The Labute approximate surface area is 197 Å². The molecule has 0 saturated carbocycles. The highest BCUT2D eigenvalue weighted by Gasteiger charge is 2.29. The average molecular weight is 471 g/mol. The maximum Gasteiger partial charge on any atom is 0.276 e. The molecule has 7 nitrogen and oxygen atoms in total. The molecule has 9 heteroatoms. The lowest BCUT2D eigenvalue weighted by atomic mass is 10.1. The molecule has 1 aromatic heterocycles. The third-order valence-electron chi connectivity index (χ3n) is 5.89. The first-order chi connectivity index (χ1) is 16.3. The van der Waals surface area contributed by atoms with Gasteiger partial charge in [0.2, 0.25) is 0 Å². The van der Waals surface area contributed by atoms with Crippen LogP contribution in [0.4, 0.5) is 20.2 Å². The lowest BCUT2D eigenvalue weighted by Gasteiger charge is -2.30. The minimum Gasteiger partial charge on any atom is -0.495 e. The van der Waals surface area contributed by atoms with Gasteiger partial charge in [0.25, 0.3) is 11.8 Å². The van der Waals surface area contributed by atoms with Crippen LogP contribution in [-0.2, 0) is 10.7 Å². The number of nitrogens with zero attached hydrogens (tertiary/aromatic N) is 2. The number of rotatable bonds is 7. The summed E-state index contributed by atoms with van der Waals surface area (Å²) in [6.45, 7) is 5.95. The number of morpholine rings is 1. The molecule has 1 saturated heterocycles. The second kappa shape index (κ2) is 9.80. The highest BCUT2D eigenvalue weighted by molar-refractivity contribution is 6.04. The minimum absolute atomic E-state index is 0.138. The Morgan fingerprint density at radius 3 is 2.71 bits per heavy atom. The van der Waals surface area contributed by atoms with Crippen molar-refractivity contribution in [3.05, 3.63) is 59.4 Å². The molecular weight excluding hydrogens is 442 g/mol. The molecule has 3 aromatic rings. The van der Waals surface area contributed by atoms with Gasteiger partial charge >= 0.3 is 0 Å². The first-order valence-corrected chi connectivity index (χ1v) is 11.2. The minimum atomic E-state index is -2.96. The molecule has 2 aromatic carbocycles. The average Bonchev–Trinajstić information content (AvgIpc) is 3.26. The lowest BCUT2D eigenvalue weighted by molar-refractivity contribution is -0.00824. The fraction of sp³-hybridized carbons (Fsp3) is 0.360. The Hall–Kier alpha value is -3.46. The summed E-state index contributed by atoms with van der Waals surface area (Å²) >= 11 is 0. The number of aromatic nitrogens is 2. The quantitative estimate of drug-likeness (QED) is 0.509. The Balaban J connectivity index is 1.58. The van der Waals surface area contributed by atoms with Crippen LogP contribution in [0.15, 0.2) is 42.5 Å². The van der Waals surface area contributed by atoms with Crippen molar-refractivity contribution in [1.82, 2.24) is 9.97 Å². The van der Waals surface area contributed by atoms with Crippen molar-refractivity contribution >= 4 is 17.3 Å². The van der Waals surface area contributed by atoms with E-state index in [2.05, 4.69) is 20.2 Å². The topological polar surface area (TPSA) is 79.5 Å². The van der Waals surface area contributed by atoms with E-state index in [-0.39, 0.29) is 17.7 Å². The third kappa shape index (κ3) is 4.89. The number of methoxy groups -OCH3 is 1. The standard InChI is InChI=1S/C25H28F2N4O3/c1-4-25(26,27)18-6-5-7-19(15-18)29-24(32)22-16(2)28-23(30-22)17-8-9-21(33-3)20(14-17)31-10-12-34-13-11-31/h5-9,14-15H,4,10-13H2,1-3H3,(H,28,30)(H,29,32). The van der Waals surface area contributed by atoms with Gasteiger partial charge in [0.1, 0.15) is 17.3 Å². The van der Waals surface area contributed by atoms with E-state index in [1.165, 1.54) is 25.1 Å². The lowest BCUT2D eigenvalue weighted by Crippen LogP contribution is -2.36. The number of carbonyl (C=O) groups excluding carboxylic acids is 1. The van der Waals surface area contributed by atoms with Gasteiger partial charge in [-0.25, -0.2) is 13.8 Å². The Morgan fingerprint density at radius 2 is 2.00 bits per heavy atom. The monoisotopic (exact) mass is 470 g/mol. The van der Waals surface area contributed by atoms with Gasteiger partial charge in [0.05, 0.1) is 26.0 Å². The molecule has 180 valence electrons. The number of imidazole rings is 1. The van der Waals surface area contributed by atoms with E-state index in [0.717, 1.165) is 30.1 Å². The van der Waals surface area contributed by atoms with E-state index in [1.807, 2.05) is 18.2 Å². The van der Waals surface area contributed by atoms with Crippen LogP contribution in [0.1, 0.15) is 35.1 Å². The van der Waals surface area contributed by atoms with Crippen LogP contribution in [0.5, 0.6) is 5.75 Å². The van der Waals surface area contributed by atoms with E-state index in [1.54, 1.807) is 20.1 Å². The van der Waals surface area contributed by atoms with Crippen LogP contribution >= 0.6 is 0 Å². The van der Waals surface area contributed by atoms with Crippen LogP contribution in [-0.4, -0.2) is 49.3 Å². The molecule has 1 fully saturated rings. The SMILES string of the molecule is CCC(F)(F)c1cccc(NC(=O)c2nc(-c3ccc(OC)c(N4CCOCC4)c3)[nH]c2C)c1. The molecule has 34 heavy (non-hydrogen) atoms. The van der Waals surface area contributed by atoms with Gasteiger partial charge in [-0.3, -0.25) is 4.79 Å². The summed E-state index contributed by atoms with van der Waals surface area (Å²) in [6, 6.07) is 11.4. The number of aryl methyl sites for hydroxylation is 1. The maximum absolute atomic E-state index is 14.1. The summed E-state index contributed by atoms with van der Waals surface area (Å²) in [5, 5.41) is 2.68. The predicted octanol–water partition coefficient (Wildman–Crippen LogP) is 4.98. The van der Waals surface area contributed by atoms with Crippen molar-refractivity contribution in [2.24, 2.45) is 0 Å². The summed E-state index contributed by atoms with van der Waals surface area (Å²) in [5.74, 6) is -2.15. The Morgan fingerprint density at radius 1 is 1.24 bits per heavy atom. The molecule has 0 radical (unpaired) electrons. The van der Waals surface area contributed by atoms with E-state index in [9.17, 15) is 13.6 Å². The number of ether oxygens (including phenoxy) is 2. The Bertz CT molecular complexity index is 1170. The van der Waals surface area contributed by atoms with Crippen molar-refractivity contribution in [3.63, 3.8) is 0 Å².